The third kappa shape index (κ3) is 3.49. The summed E-state index contributed by atoms with van der Waals surface area (Å²) in [4.78, 5) is 8.95. The van der Waals surface area contributed by atoms with Crippen LogP contribution < -0.4 is 9.80 Å². The van der Waals surface area contributed by atoms with Gasteiger partial charge in [0.2, 0.25) is 0 Å². The molecule has 1 saturated heterocycles. The summed E-state index contributed by atoms with van der Waals surface area (Å²) < 4.78 is 21.0. The van der Waals surface area contributed by atoms with Crippen LogP contribution in [0.15, 0.2) is 30.3 Å². The first-order valence-corrected chi connectivity index (χ1v) is 10.5. The van der Waals surface area contributed by atoms with Crippen LogP contribution in [0.5, 0.6) is 0 Å². The summed E-state index contributed by atoms with van der Waals surface area (Å²) in [5.41, 5.74) is 4.95. The number of ether oxygens (including phenoxy) is 1. The molecule has 29 heavy (non-hydrogen) atoms. The van der Waals surface area contributed by atoms with E-state index in [2.05, 4.69) is 4.90 Å². The maximum Gasteiger partial charge on any atom is 0.158 e. The highest BCUT2D eigenvalue weighted by molar-refractivity contribution is 5.67. The molecule has 0 saturated carbocycles. The van der Waals surface area contributed by atoms with Gasteiger partial charge in [-0.15, -0.1) is 0 Å². The van der Waals surface area contributed by atoms with E-state index in [9.17, 15) is 4.39 Å². The van der Waals surface area contributed by atoms with Gasteiger partial charge in [0.25, 0.3) is 0 Å². The first-order valence-electron chi connectivity index (χ1n) is 10.5. The highest BCUT2D eigenvalue weighted by atomic mass is 19.1. The van der Waals surface area contributed by atoms with E-state index in [1.165, 1.54) is 29.2 Å². The summed E-state index contributed by atoms with van der Waals surface area (Å²) in [6.45, 7) is 6.06. The molecule has 0 unspecified atom stereocenters. The van der Waals surface area contributed by atoms with Crippen LogP contribution in [-0.4, -0.2) is 61.0 Å². The highest BCUT2D eigenvalue weighted by Gasteiger charge is 2.28. The van der Waals surface area contributed by atoms with Gasteiger partial charge in [-0.1, -0.05) is 12.1 Å². The number of aromatic nitrogens is 3. The predicted molar refractivity (Wildman–Crippen MR) is 110 cm³/mol. The number of piperazine rings is 1. The molecular weight excluding hydrogens is 369 g/mol. The summed E-state index contributed by atoms with van der Waals surface area (Å²) >= 11 is 0. The van der Waals surface area contributed by atoms with Crippen molar-refractivity contribution in [3.05, 3.63) is 47.4 Å². The molecule has 0 radical (unpaired) electrons. The first-order chi connectivity index (χ1) is 14.2. The van der Waals surface area contributed by atoms with E-state index >= 15 is 0 Å². The van der Waals surface area contributed by atoms with Crippen molar-refractivity contribution in [1.29, 1.82) is 0 Å². The minimum absolute atomic E-state index is 0.245. The molecule has 0 amide bonds. The number of quaternary nitrogens is 1. The van der Waals surface area contributed by atoms with Crippen molar-refractivity contribution in [2.24, 2.45) is 0 Å². The van der Waals surface area contributed by atoms with Gasteiger partial charge in [-0.2, -0.15) is 9.61 Å². The van der Waals surface area contributed by atoms with E-state index in [0.29, 0.717) is 0 Å². The molecule has 0 bridgehead atoms. The van der Waals surface area contributed by atoms with E-state index in [1.807, 2.05) is 16.6 Å². The normalized spacial score (nSPS) is 17.2. The number of fused-ring (bicyclic) bond motifs is 2. The van der Waals surface area contributed by atoms with Crippen molar-refractivity contribution in [1.82, 2.24) is 14.6 Å². The Bertz CT molecular complexity index is 1030. The van der Waals surface area contributed by atoms with E-state index < -0.39 is 0 Å². The number of aryl methyl sites for hydroxylation is 1. The highest BCUT2D eigenvalue weighted by Crippen LogP contribution is 2.32. The number of halogens is 1. The fraction of sp³-hybridized carbons (Fsp3) is 0.455. The van der Waals surface area contributed by atoms with E-state index in [4.69, 9.17) is 14.8 Å². The van der Waals surface area contributed by atoms with Gasteiger partial charge < -0.3 is 14.5 Å². The second-order valence-electron chi connectivity index (χ2n) is 8.00. The summed E-state index contributed by atoms with van der Waals surface area (Å²) in [5, 5.41) is 4.86. The van der Waals surface area contributed by atoms with E-state index in [0.717, 1.165) is 75.5 Å². The fourth-order valence-electron chi connectivity index (χ4n) is 4.61. The molecule has 3 heterocycles. The van der Waals surface area contributed by atoms with Gasteiger partial charge in [0, 0.05) is 30.0 Å². The molecule has 1 aliphatic carbocycles. The van der Waals surface area contributed by atoms with E-state index in [1.54, 1.807) is 18.1 Å². The maximum absolute atomic E-state index is 13.7. The number of nitrogens with one attached hydrogen (secondary N) is 1. The van der Waals surface area contributed by atoms with Gasteiger partial charge in [0.15, 0.2) is 5.65 Å². The van der Waals surface area contributed by atoms with Gasteiger partial charge in [0.05, 0.1) is 38.5 Å². The minimum atomic E-state index is -0.245. The Kier molecular flexibility index (Phi) is 4.93. The van der Waals surface area contributed by atoms with Crippen LogP contribution in [0.3, 0.4) is 0 Å². The summed E-state index contributed by atoms with van der Waals surface area (Å²) in [5.74, 6) is 0.946. The molecule has 2 aliphatic rings. The number of nitrogens with zero attached hydrogens (tertiary/aromatic N) is 4. The third-order valence-electron chi connectivity index (χ3n) is 6.15. The molecular formula is C22H27FN5O+. The topological polar surface area (TPSA) is 47.1 Å². The molecule has 0 spiro atoms. The third-order valence-corrected chi connectivity index (χ3v) is 6.15. The fourth-order valence-corrected chi connectivity index (χ4v) is 4.61. The Morgan fingerprint density at radius 2 is 2.03 bits per heavy atom. The van der Waals surface area contributed by atoms with Gasteiger partial charge in [-0.3, -0.25) is 0 Å². The lowest BCUT2D eigenvalue weighted by atomic mass is 10.1. The molecule has 6 nitrogen and oxygen atoms in total. The van der Waals surface area contributed by atoms with Crippen LogP contribution >= 0.6 is 0 Å². The molecule has 7 heteroatoms. The van der Waals surface area contributed by atoms with Crippen molar-refractivity contribution in [2.45, 2.75) is 19.3 Å². The van der Waals surface area contributed by atoms with Crippen LogP contribution in [0.25, 0.3) is 16.9 Å². The smallest absolute Gasteiger partial charge is 0.158 e. The molecule has 2 aromatic heterocycles. The average molecular weight is 396 g/mol. The van der Waals surface area contributed by atoms with Gasteiger partial charge in [0.1, 0.15) is 18.2 Å². The first kappa shape index (κ1) is 18.5. The van der Waals surface area contributed by atoms with Crippen molar-refractivity contribution >= 4 is 11.5 Å². The van der Waals surface area contributed by atoms with Gasteiger partial charge >= 0.3 is 0 Å². The predicted octanol–water partition coefficient (Wildman–Crippen LogP) is 1.38. The monoisotopic (exact) mass is 396 g/mol. The zero-order valence-corrected chi connectivity index (χ0v) is 16.8. The minimum Gasteiger partial charge on any atom is -0.379 e. The molecule has 1 N–H and O–H groups in total. The average Bonchev–Trinajstić information content (AvgIpc) is 3.37. The van der Waals surface area contributed by atoms with Gasteiger partial charge in [-0.25, -0.2) is 9.37 Å². The zero-order valence-electron chi connectivity index (χ0n) is 16.8. The summed E-state index contributed by atoms with van der Waals surface area (Å²) in [6.07, 6.45) is 3.23. The number of rotatable bonds is 5. The SMILES string of the molecule is COCC[NH+]1CCN(c2c3c(nc4cc(-c5cccc(F)c5)nn24)CCC3)CC1. The largest absolute Gasteiger partial charge is 0.379 e. The standard InChI is InChI=1S/C22H26FN5O/c1-29-13-12-26-8-10-27(11-9-26)22-18-6-3-7-19(18)24-21-15-20(25-28(21)22)16-4-2-5-17(23)14-16/h2,4-5,14-15H,3,6-13H2,1H3/p+1. The zero-order chi connectivity index (χ0) is 19.8. The van der Waals surface area contributed by atoms with Crippen molar-refractivity contribution in [3.8, 4) is 11.3 Å². The molecule has 1 aliphatic heterocycles. The lowest BCUT2D eigenvalue weighted by molar-refractivity contribution is -0.900. The Balaban J connectivity index is 1.52. The quantitative estimate of drug-likeness (QED) is 0.708. The van der Waals surface area contributed by atoms with E-state index in [-0.39, 0.29) is 5.82 Å². The van der Waals surface area contributed by atoms with Crippen LogP contribution in [-0.2, 0) is 17.6 Å². The van der Waals surface area contributed by atoms with Crippen LogP contribution in [0, 0.1) is 5.82 Å². The van der Waals surface area contributed by atoms with Crippen LogP contribution in [0.2, 0.25) is 0 Å². The maximum atomic E-state index is 13.7. The lowest BCUT2D eigenvalue weighted by Crippen LogP contribution is -3.15. The summed E-state index contributed by atoms with van der Waals surface area (Å²) in [7, 11) is 1.76. The van der Waals surface area contributed by atoms with Crippen LogP contribution in [0.1, 0.15) is 17.7 Å². The van der Waals surface area contributed by atoms with Gasteiger partial charge in [-0.05, 0) is 31.4 Å². The number of benzene rings is 1. The Morgan fingerprint density at radius 3 is 2.83 bits per heavy atom. The molecule has 1 fully saturated rings. The number of methoxy groups -OCH3 is 1. The Hall–Kier alpha value is -2.51. The van der Waals surface area contributed by atoms with Crippen LogP contribution in [0.4, 0.5) is 10.2 Å². The molecule has 1 aromatic carbocycles. The second kappa shape index (κ2) is 7.72. The number of anilines is 1. The number of hydrogen-bond acceptors (Lipinski definition) is 4. The Labute approximate surface area is 169 Å². The molecule has 3 aromatic rings. The number of hydrogen-bond donors (Lipinski definition) is 1. The van der Waals surface area contributed by atoms with Crippen molar-refractivity contribution in [2.75, 3.05) is 51.3 Å². The second-order valence-corrected chi connectivity index (χ2v) is 8.00. The Morgan fingerprint density at radius 1 is 1.17 bits per heavy atom. The van der Waals surface area contributed by atoms with Crippen molar-refractivity contribution in [3.63, 3.8) is 0 Å². The molecule has 0 atom stereocenters. The lowest BCUT2D eigenvalue weighted by Gasteiger charge is -2.34. The van der Waals surface area contributed by atoms with Crippen molar-refractivity contribution < 1.29 is 14.0 Å². The molecule has 152 valence electrons. The molecule has 5 rings (SSSR count). The summed E-state index contributed by atoms with van der Waals surface area (Å²) in [6, 6.07) is 8.61.